The van der Waals surface area contributed by atoms with Crippen LogP contribution in [0.3, 0.4) is 0 Å². The van der Waals surface area contributed by atoms with Crippen LogP contribution in [0.4, 0.5) is 4.79 Å². The van der Waals surface area contributed by atoms with E-state index in [2.05, 4.69) is 0 Å². The first-order chi connectivity index (χ1) is 8.74. The van der Waals surface area contributed by atoms with Gasteiger partial charge in [-0.05, 0) is 33.6 Å². The second kappa shape index (κ2) is 6.23. The van der Waals surface area contributed by atoms with Crippen LogP contribution in [0.15, 0.2) is 0 Å². The highest BCUT2D eigenvalue weighted by atomic mass is 16.6. The summed E-state index contributed by atoms with van der Waals surface area (Å²) in [6.07, 6.45) is 0.719. The molecule has 0 aliphatic carbocycles. The third-order valence-corrected chi connectivity index (χ3v) is 3.11. The highest BCUT2D eigenvalue weighted by Gasteiger charge is 2.32. The lowest BCUT2D eigenvalue weighted by Crippen LogP contribution is -2.37. The molecule has 1 aliphatic rings. The summed E-state index contributed by atoms with van der Waals surface area (Å²) in [4.78, 5) is 25.2. The summed E-state index contributed by atoms with van der Waals surface area (Å²) < 4.78 is 10.1. The minimum absolute atomic E-state index is 0.278. The highest BCUT2D eigenvalue weighted by molar-refractivity contribution is 5.73. The van der Waals surface area contributed by atoms with Gasteiger partial charge in [-0.25, -0.2) is 4.79 Å². The Morgan fingerprint density at radius 1 is 1.21 bits per heavy atom. The Bertz CT molecular complexity index is 338. The van der Waals surface area contributed by atoms with Crippen molar-refractivity contribution in [3.8, 4) is 0 Å². The number of hydrogen-bond acceptors (Lipinski definition) is 5. The van der Waals surface area contributed by atoms with Crippen LogP contribution in [0.5, 0.6) is 0 Å². The molecule has 1 fully saturated rings. The number of methoxy groups -OCH3 is 1. The van der Waals surface area contributed by atoms with Gasteiger partial charge in [0.2, 0.25) is 0 Å². The van der Waals surface area contributed by atoms with Gasteiger partial charge in [-0.2, -0.15) is 0 Å². The number of hydrogen-bond donors (Lipinski definition) is 1. The smallest absolute Gasteiger partial charge is 0.410 e. The molecule has 1 saturated heterocycles. The first kappa shape index (κ1) is 15.8. The van der Waals surface area contributed by atoms with Gasteiger partial charge in [-0.3, -0.25) is 4.79 Å². The molecular formula is C13H24N2O4. The summed E-state index contributed by atoms with van der Waals surface area (Å²) in [6, 6.07) is -0.278. The van der Waals surface area contributed by atoms with E-state index < -0.39 is 5.60 Å². The number of amides is 1. The Kier molecular flexibility index (Phi) is 5.17. The molecule has 2 N–H and O–H groups in total. The molecule has 1 aliphatic heterocycles. The topological polar surface area (TPSA) is 81.9 Å². The third kappa shape index (κ3) is 4.70. The summed E-state index contributed by atoms with van der Waals surface area (Å²) in [6.45, 7) is 6.44. The predicted molar refractivity (Wildman–Crippen MR) is 70.5 cm³/mol. The van der Waals surface area contributed by atoms with Crippen molar-refractivity contribution in [3.05, 3.63) is 0 Å². The van der Waals surface area contributed by atoms with Crippen LogP contribution in [0.2, 0.25) is 0 Å². The van der Waals surface area contributed by atoms with Crippen molar-refractivity contribution in [1.82, 2.24) is 4.90 Å². The zero-order chi connectivity index (χ0) is 14.6. The maximum atomic E-state index is 12.0. The molecule has 6 nitrogen and oxygen atoms in total. The zero-order valence-corrected chi connectivity index (χ0v) is 12.1. The van der Waals surface area contributed by atoms with Gasteiger partial charge in [0.15, 0.2) is 0 Å². The Morgan fingerprint density at radius 3 is 2.32 bits per heavy atom. The van der Waals surface area contributed by atoms with Gasteiger partial charge in [0.1, 0.15) is 5.60 Å². The van der Waals surface area contributed by atoms with E-state index in [0.29, 0.717) is 25.9 Å². The van der Waals surface area contributed by atoms with Gasteiger partial charge >= 0.3 is 12.1 Å². The summed E-state index contributed by atoms with van der Waals surface area (Å²) in [7, 11) is 1.35. The molecule has 110 valence electrons. The van der Waals surface area contributed by atoms with Crippen molar-refractivity contribution in [2.45, 2.75) is 45.3 Å². The van der Waals surface area contributed by atoms with Crippen LogP contribution >= 0.6 is 0 Å². The van der Waals surface area contributed by atoms with Gasteiger partial charge < -0.3 is 20.1 Å². The molecule has 0 spiro atoms. The molecule has 6 heteroatoms. The average molecular weight is 272 g/mol. The number of esters is 1. The summed E-state index contributed by atoms with van der Waals surface area (Å²) >= 11 is 0. The van der Waals surface area contributed by atoms with E-state index in [1.807, 2.05) is 20.8 Å². The second-order valence-corrected chi connectivity index (χ2v) is 5.84. The highest BCUT2D eigenvalue weighted by Crippen LogP contribution is 2.20. The molecule has 0 radical (unpaired) electrons. The second-order valence-electron chi connectivity index (χ2n) is 5.84. The van der Waals surface area contributed by atoms with E-state index in [1.54, 1.807) is 4.90 Å². The fraction of sp³-hybridized carbons (Fsp3) is 0.846. The van der Waals surface area contributed by atoms with Gasteiger partial charge in [0, 0.05) is 19.1 Å². The number of likely N-dealkylation sites (tertiary alicyclic amines) is 1. The monoisotopic (exact) mass is 272 g/mol. The summed E-state index contributed by atoms with van der Waals surface area (Å²) in [5.74, 6) is -0.657. The molecular weight excluding hydrogens is 248 g/mol. The van der Waals surface area contributed by atoms with Gasteiger partial charge in [0.25, 0.3) is 0 Å². The standard InChI is InChI=1S/C13H24N2O4/c1-13(2,3)19-12(17)15-7-5-9(11(16)18-4)10(14)6-8-15/h9-10H,5-8,14H2,1-4H3. The Labute approximate surface area is 114 Å². The first-order valence-electron chi connectivity index (χ1n) is 6.56. The molecule has 0 saturated carbocycles. The number of nitrogens with zero attached hydrogens (tertiary/aromatic N) is 1. The minimum Gasteiger partial charge on any atom is -0.469 e. The molecule has 1 amide bonds. The first-order valence-corrected chi connectivity index (χ1v) is 6.56. The van der Waals surface area contributed by atoms with Crippen LogP contribution < -0.4 is 5.73 Å². The largest absolute Gasteiger partial charge is 0.469 e. The number of nitrogens with two attached hydrogens (primary N) is 1. The minimum atomic E-state index is -0.521. The number of rotatable bonds is 1. The molecule has 1 heterocycles. The van der Waals surface area contributed by atoms with Gasteiger partial charge in [0.05, 0.1) is 13.0 Å². The lowest BCUT2D eigenvalue weighted by Gasteiger charge is -2.26. The maximum absolute atomic E-state index is 12.0. The SMILES string of the molecule is COC(=O)C1CCN(C(=O)OC(C)(C)C)CCC1N. The number of carbonyl (C=O) groups is 2. The zero-order valence-electron chi connectivity index (χ0n) is 12.1. The summed E-state index contributed by atoms with van der Waals surface area (Å²) in [5.41, 5.74) is 5.44. The Balaban J connectivity index is 2.62. The van der Waals surface area contributed by atoms with E-state index in [-0.39, 0.29) is 24.0 Å². The van der Waals surface area contributed by atoms with Gasteiger partial charge in [-0.15, -0.1) is 0 Å². The quantitative estimate of drug-likeness (QED) is 0.724. The third-order valence-electron chi connectivity index (χ3n) is 3.11. The van der Waals surface area contributed by atoms with Crippen molar-refractivity contribution >= 4 is 12.1 Å². The summed E-state index contributed by atoms with van der Waals surface area (Å²) in [5, 5.41) is 0. The van der Waals surface area contributed by atoms with E-state index in [1.165, 1.54) is 7.11 Å². The molecule has 1 rings (SSSR count). The molecule has 0 aromatic carbocycles. The van der Waals surface area contributed by atoms with Crippen molar-refractivity contribution in [1.29, 1.82) is 0 Å². The lowest BCUT2D eigenvalue weighted by atomic mass is 9.96. The van der Waals surface area contributed by atoms with Crippen molar-refractivity contribution in [2.24, 2.45) is 11.7 Å². The Hall–Kier alpha value is -1.30. The van der Waals surface area contributed by atoms with Crippen LogP contribution in [0, 0.1) is 5.92 Å². The van der Waals surface area contributed by atoms with E-state index in [0.717, 1.165) is 0 Å². The normalized spacial score (nSPS) is 24.6. The molecule has 2 unspecified atom stereocenters. The maximum Gasteiger partial charge on any atom is 0.410 e. The van der Waals surface area contributed by atoms with E-state index in [4.69, 9.17) is 15.2 Å². The van der Waals surface area contributed by atoms with Crippen LogP contribution in [-0.2, 0) is 14.3 Å². The van der Waals surface area contributed by atoms with E-state index >= 15 is 0 Å². The van der Waals surface area contributed by atoms with Crippen molar-refractivity contribution < 1.29 is 19.1 Å². The van der Waals surface area contributed by atoms with Gasteiger partial charge in [-0.1, -0.05) is 0 Å². The fourth-order valence-corrected chi connectivity index (χ4v) is 2.08. The van der Waals surface area contributed by atoms with Crippen molar-refractivity contribution in [2.75, 3.05) is 20.2 Å². The van der Waals surface area contributed by atoms with Crippen LogP contribution in [0.25, 0.3) is 0 Å². The van der Waals surface area contributed by atoms with Crippen LogP contribution in [-0.4, -0.2) is 48.8 Å². The average Bonchev–Trinajstić information content (AvgIpc) is 2.48. The molecule has 2 atom stereocenters. The van der Waals surface area contributed by atoms with E-state index in [9.17, 15) is 9.59 Å². The predicted octanol–water partition coefficient (Wildman–Crippen LogP) is 1.13. The molecule has 0 aromatic rings. The fourth-order valence-electron chi connectivity index (χ4n) is 2.08. The lowest BCUT2D eigenvalue weighted by molar-refractivity contribution is -0.146. The van der Waals surface area contributed by atoms with Crippen molar-refractivity contribution in [3.63, 3.8) is 0 Å². The molecule has 0 bridgehead atoms. The molecule has 0 aromatic heterocycles. The number of ether oxygens (including phenoxy) is 2. The number of carbonyl (C=O) groups excluding carboxylic acids is 2. The van der Waals surface area contributed by atoms with Crippen LogP contribution in [0.1, 0.15) is 33.6 Å². The molecule has 19 heavy (non-hydrogen) atoms. The Morgan fingerprint density at radius 2 is 1.79 bits per heavy atom.